The maximum absolute atomic E-state index is 6.18. The summed E-state index contributed by atoms with van der Waals surface area (Å²) in [7, 11) is 2.22. The minimum atomic E-state index is 0.196. The van der Waals surface area contributed by atoms with E-state index in [0.717, 1.165) is 45.2 Å². The summed E-state index contributed by atoms with van der Waals surface area (Å²) >= 11 is 0. The van der Waals surface area contributed by atoms with Gasteiger partial charge in [0.15, 0.2) is 5.96 Å². The molecule has 2 aliphatic heterocycles. The van der Waals surface area contributed by atoms with Crippen molar-refractivity contribution in [2.24, 2.45) is 10.7 Å². The Labute approximate surface area is 123 Å². The van der Waals surface area contributed by atoms with E-state index < -0.39 is 0 Å². The molecule has 0 aromatic rings. The van der Waals surface area contributed by atoms with E-state index in [0.29, 0.717) is 0 Å². The van der Waals surface area contributed by atoms with E-state index in [-0.39, 0.29) is 5.54 Å². The molecule has 2 rings (SSSR count). The van der Waals surface area contributed by atoms with Gasteiger partial charge in [-0.15, -0.1) is 0 Å². The van der Waals surface area contributed by atoms with Gasteiger partial charge in [0.1, 0.15) is 0 Å². The molecule has 0 aromatic carbocycles. The van der Waals surface area contributed by atoms with E-state index in [9.17, 15) is 0 Å². The maximum atomic E-state index is 6.18. The van der Waals surface area contributed by atoms with Crippen LogP contribution < -0.4 is 5.73 Å². The summed E-state index contributed by atoms with van der Waals surface area (Å²) < 4.78 is 0. The van der Waals surface area contributed by atoms with E-state index >= 15 is 0 Å². The van der Waals surface area contributed by atoms with Gasteiger partial charge in [-0.05, 0) is 45.9 Å². The van der Waals surface area contributed by atoms with E-state index in [1.165, 1.54) is 25.8 Å². The highest BCUT2D eigenvalue weighted by Gasteiger charge is 2.42. The number of hydrogen-bond acceptors (Lipinski definition) is 5. The Morgan fingerprint density at radius 3 is 2.70 bits per heavy atom. The van der Waals surface area contributed by atoms with E-state index in [1.807, 2.05) is 0 Å². The minimum absolute atomic E-state index is 0.196. The van der Waals surface area contributed by atoms with Crippen LogP contribution in [0.4, 0.5) is 0 Å². The Morgan fingerprint density at radius 1 is 1.25 bits per heavy atom. The second kappa shape index (κ2) is 6.76. The number of hydrogen-bond donors (Lipinski definition) is 1. The first-order chi connectivity index (χ1) is 9.61. The molecule has 1 unspecified atom stereocenters. The number of likely N-dealkylation sites (N-methyl/N-ethyl adjacent to an activating group) is 1. The fourth-order valence-electron chi connectivity index (χ4n) is 3.52. The zero-order valence-electron chi connectivity index (χ0n) is 13.4. The van der Waals surface area contributed by atoms with Crippen LogP contribution >= 0.6 is 0 Å². The highest BCUT2D eigenvalue weighted by atomic mass is 15.4. The standard InChI is InChI=1S/C15H31N5/c1-4-19(5-2)11-12-20-14(16)17-13-15(20)7-6-9-18(3)10-8-15/h4-13H2,1-3H3,(H2,16,17). The summed E-state index contributed by atoms with van der Waals surface area (Å²) in [6.45, 7) is 12.0. The van der Waals surface area contributed by atoms with Crippen LogP contribution in [0, 0.1) is 0 Å². The van der Waals surface area contributed by atoms with Crippen molar-refractivity contribution in [2.45, 2.75) is 38.6 Å². The minimum Gasteiger partial charge on any atom is -0.370 e. The van der Waals surface area contributed by atoms with Gasteiger partial charge in [0, 0.05) is 19.6 Å². The number of aliphatic imine (C=N–C) groups is 1. The molecule has 116 valence electrons. The third-order valence-corrected chi connectivity index (χ3v) is 5.06. The van der Waals surface area contributed by atoms with Gasteiger partial charge in [0.2, 0.25) is 0 Å². The molecule has 0 aliphatic carbocycles. The Hall–Kier alpha value is -0.810. The molecular weight excluding hydrogens is 250 g/mol. The van der Waals surface area contributed by atoms with Crippen molar-refractivity contribution in [3.63, 3.8) is 0 Å². The lowest BCUT2D eigenvalue weighted by atomic mass is 9.89. The van der Waals surface area contributed by atoms with Crippen LogP contribution in [-0.4, -0.2) is 79.1 Å². The van der Waals surface area contributed by atoms with Gasteiger partial charge in [0.25, 0.3) is 0 Å². The number of likely N-dealkylation sites (tertiary alicyclic amines) is 1. The SMILES string of the molecule is CCN(CC)CCN1C(N)=NCC12CCCN(C)CC2. The highest BCUT2D eigenvalue weighted by molar-refractivity contribution is 5.81. The van der Waals surface area contributed by atoms with Crippen LogP contribution in [-0.2, 0) is 0 Å². The molecule has 2 heterocycles. The Balaban J connectivity index is 2.01. The first-order valence-electron chi connectivity index (χ1n) is 8.10. The fourth-order valence-corrected chi connectivity index (χ4v) is 3.52. The molecule has 2 N–H and O–H groups in total. The maximum Gasteiger partial charge on any atom is 0.191 e. The Morgan fingerprint density at radius 2 is 2.00 bits per heavy atom. The quantitative estimate of drug-likeness (QED) is 0.810. The van der Waals surface area contributed by atoms with Crippen molar-refractivity contribution in [1.29, 1.82) is 0 Å². The third-order valence-electron chi connectivity index (χ3n) is 5.06. The van der Waals surface area contributed by atoms with Gasteiger partial charge >= 0.3 is 0 Å². The number of guanidine groups is 1. The molecule has 1 saturated heterocycles. The number of nitrogens with zero attached hydrogens (tertiary/aromatic N) is 4. The summed E-state index contributed by atoms with van der Waals surface area (Å²) in [5.74, 6) is 0.765. The largest absolute Gasteiger partial charge is 0.370 e. The lowest BCUT2D eigenvalue weighted by Crippen LogP contribution is -2.54. The average Bonchev–Trinajstić information content (AvgIpc) is 2.63. The van der Waals surface area contributed by atoms with Crippen molar-refractivity contribution in [2.75, 3.05) is 52.9 Å². The van der Waals surface area contributed by atoms with Crippen LogP contribution in [0.3, 0.4) is 0 Å². The molecule has 0 amide bonds. The molecule has 0 bridgehead atoms. The topological polar surface area (TPSA) is 48.1 Å². The van der Waals surface area contributed by atoms with E-state index in [1.54, 1.807) is 0 Å². The van der Waals surface area contributed by atoms with Crippen LogP contribution in [0.25, 0.3) is 0 Å². The lowest BCUT2D eigenvalue weighted by molar-refractivity contribution is 0.153. The first kappa shape index (κ1) is 15.6. The summed E-state index contributed by atoms with van der Waals surface area (Å²) in [4.78, 5) is 11.9. The second-order valence-electron chi connectivity index (χ2n) is 6.23. The average molecular weight is 281 g/mol. The summed E-state index contributed by atoms with van der Waals surface area (Å²) in [6.07, 6.45) is 3.66. The van der Waals surface area contributed by atoms with Crippen LogP contribution in [0.1, 0.15) is 33.1 Å². The molecule has 5 heteroatoms. The fraction of sp³-hybridized carbons (Fsp3) is 0.933. The Kier molecular flexibility index (Phi) is 5.27. The molecule has 2 aliphatic rings. The molecule has 1 spiro atoms. The summed E-state index contributed by atoms with van der Waals surface area (Å²) in [5, 5.41) is 0. The van der Waals surface area contributed by atoms with Crippen molar-refractivity contribution in [3.8, 4) is 0 Å². The summed E-state index contributed by atoms with van der Waals surface area (Å²) in [6, 6.07) is 0. The second-order valence-corrected chi connectivity index (χ2v) is 6.23. The lowest BCUT2D eigenvalue weighted by Gasteiger charge is -2.39. The molecule has 1 atom stereocenters. The van der Waals surface area contributed by atoms with E-state index in [4.69, 9.17) is 5.73 Å². The van der Waals surface area contributed by atoms with Gasteiger partial charge in [-0.1, -0.05) is 13.8 Å². The third kappa shape index (κ3) is 3.26. The Bertz CT molecular complexity index is 339. The molecule has 20 heavy (non-hydrogen) atoms. The van der Waals surface area contributed by atoms with Gasteiger partial charge < -0.3 is 20.4 Å². The zero-order valence-corrected chi connectivity index (χ0v) is 13.4. The van der Waals surface area contributed by atoms with Gasteiger partial charge in [-0.25, -0.2) is 0 Å². The number of rotatable bonds is 5. The highest BCUT2D eigenvalue weighted by Crippen LogP contribution is 2.32. The van der Waals surface area contributed by atoms with Gasteiger partial charge in [-0.3, -0.25) is 4.99 Å². The van der Waals surface area contributed by atoms with Gasteiger partial charge in [-0.2, -0.15) is 0 Å². The normalized spacial score (nSPS) is 28.2. The molecule has 0 saturated carbocycles. The van der Waals surface area contributed by atoms with Crippen molar-refractivity contribution >= 4 is 5.96 Å². The molecule has 0 radical (unpaired) electrons. The molecule has 0 aromatic heterocycles. The molecule has 5 nitrogen and oxygen atoms in total. The van der Waals surface area contributed by atoms with Crippen LogP contribution in [0.15, 0.2) is 4.99 Å². The van der Waals surface area contributed by atoms with Crippen molar-refractivity contribution in [1.82, 2.24) is 14.7 Å². The zero-order chi connectivity index (χ0) is 14.6. The molecular formula is C15H31N5. The summed E-state index contributed by atoms with van der Waals surface area (Å²) in [5.41, 5.74) is 6.38. The predicted molar refractivity (Wildman–Crippen MR) is 85.1 cm³/mol. The predicted octanol–water partition coefficient (Wildman–Crippen LogP) is 0.813. The van der Waals surface area contributed by atoms with Crippen molar-refractivity contribution < 1.29 is 0 Å². The van der Waals surface area contributed by atoms with E-state index in [2.05, 4.69) is 40.6 Å². The number of nitrogens with two attached hydrogens (primary N) is 1. The van der Waals surface area contributed by atoms with Crippen molar-refractivity contribution in [3.05, 3.63) is 0 Å². The van der Waals surface area contributed by atoms with Crippen LogP contribution in [0.2, 0.25) is 0 Å². The smallest absolute Gasteiger partial charge is 0.191 e. The monoisotopic (exact) mass is 281 g/mol. The van der Waals surface area contributed by atoms with Crippen LogP contribution in [0.5, 0.6) is 0 Å². The first-order valence-corrected chi connectivity index (χ1v) is 8.10. The van der Waals surface area contributed by atoms with Gasteiger partial charge in [0.05, 0.1) is 12.1 Å². The molecule has 1 fully saturated rings.